The Labute approximate surface area is 164 Å². The number of nitrogens with zero attached hydrogens (tertiary/aromatic N) is 3. The average molecular weight is 367 g/mol. The summed E-state index contributed by atoms with van der Waals surface area (Å²) in [5.74, 6) is -0.0481. The molecule has 4 heteroatoms. The summed E-state index contributed by atoms with van der Waals surface area (Å²) in [6.07, 6.45) is 3.08. The first-order valence-corrected chi connectivity index (χ1v) is 9.22. The summed E-state index contributed by atoms with van der Waals surface area (Å²) in [7, 11) is 0. The van der Waals surface area contributed by atoms with Crippen molar-refractivity contribution < 1.29 is 4.79 Å². The maximum Gasteiger partial charge on any atom is 0.199 e. The highest BCUT2D eigenvalue weighted by Gasteiger charge is 2.45. The van der Waals surface area contributed by atoms with Crippen LogP contribution in [0.2, 0.25) is 0 Å². The van der Waals surface area contributed by atoms with E-state index in [1.165, 1.54) is 11.9 Å². The van der Waals surface area contributed by atoms with Gasteiger partial charge in [-0.15, -0.1) is 0 Å². The van der Waals surface area contributed by atoms with Gasteiger partial charge in [-0.25, -0.2) is 9.67 Å². The third-order valence-electron chi connectivity index (χ3n) is 5.24. The van der Waals surface area contributed by atoms with Gasteiger partial charge in [0.25, 0.3) is 0 Å². The van der Waals surface area contributed by atoms with Gasteiger partial charge in [-0.05, 0) is 36.1 Å². The molecule has 0 amide bonds. The quantitative estimate of drug-likeness (QED) is 0.486. The van der Waals surface area contributed by atoms with Crippen molar-refractivity contribution in [3.05, 3.63) is 119 Å². The average Bonchev–Trinajstić information content (AvgIpc) is 3.27. The van der Waals surface area contributed by atoms with Crippen molar-refractivity contribution in [1.82, 2.24) is 14.8 Å². The fraction of sp³-hybridized carbons (Fsp3) is 0.125. The molecule has 0 saturated carbocycles. The molecule has 138 valence electrons. The smallest absolute Gasteiger partial charge is 0.199 e. The molecule has 0 fully saturated rings. The molecule has 3 aromatic carbocycles. The predicted octanol–water partition coefficient (Wildman–Crippen LogP) is 4.57. The molecular formula is C24H21N3O. The molecule has 0 bridgehead atoms. The maximum absolute atomic E-state index is 14.1. The molecule has 0 spiro atoms. The van der Waals surface area contributed by atoms with Gasteiger partial charge in [0.2, 0.25) is 0 Å². The molecule has 0 radical (unpaired) electrons. The summed E-state index contributed by atoms with van der Waals surface area (Å²) in [6.45, 7) is 4.13. The summed E-state index contributed by atoms with van der Waals surface area (Å²) in [4.78, 5) is 18.2. The van der Waals surface area contributed by atoms with Crippen molar-refractivity contribution in [1.29, 1.82) is 0 Å². The lowest BCUT2D eigenvalue weighted by atomic mass is 9.76. The van der Waals surface area contributed by atoms with Crippen molar-refractivity contribution in [3.63, 3.8) is 0 Å². The van der Waals surface area contributed by atoms with E-state index in [1.807, 2.05) is 66.7 Å². The van der Waals surface area contributed by atoms with Crippen LogP contribution in [-0.2, 0) is 5.54 Å². The summed E-state index contributed by atoms with van der Waals surface area (Å²) in [5, 5.41) is 4.42. The Kier molecular flexibility index (Phi) is 4.62. The lowest BCUT2D eigenvalue weighted by Gasteiger charge is -2.34. The van der Waals surface area contributed by atoms with Crippen LogP contribution in [0.5, 0.6) is 0 Å². The summed E-state index contributed by atoms with van der Waals surface area (Å²) >= 11 is 0. The molecule has 1 atom stereocenters. The number of aromatic nitrogens is 3. The van der Waals surface area contributed by atoms with Crippen molar-refractivity contribution in [3.8, 4) is 0 Å². The third kappa shape index (κ3) is 2.83. The normalized spacial score (nSPS) is 13.1. The van der Waals surface area contributed by atoms with Gasteiger partial charge in [0.1, 0.15) is 12.7 Å². The Bertz CT molecular complexity index is 1090. The van der Waals surface area contributed by atoms with Gasteiger partial charge >= 0.3 is 0 Å². The zero-order chi connectivity index (χ0) is 19.6. The standard InChI is InChI=1S/C24H21N3O/c1-18-13-14-22(15-19(18)2)24(27-17-25-16-26-27,21-11-7-4-8-12-21)23(28)20-9-5-3-6-10-20/h3-17H,1-2H3. The van der Waals surface area contributed by atoms with Gasteiger partial charge in [0, 0.05) is 5.56 Å². The number of carbonyl (C=O) groups is 1. The minimum Gasteiger partial charge on any atom is -0.291 e. The topological polar surface area (TPSA) is 47.8 Å². The fourth-order valence-electron chi connectivity index (χ4n) is 3.62. The number of aryl methyl sites for hydroxylation is 2. The predicted molar refractivity (Wildman–Crippen MR) is 109 cm³/mol. The highest BCUT2D eigenvalue weighted by molar-refractivity contribution is 6.06. The van der Waals surface area contributed by atoms with Gasteiger partial charge in [-0.3, -0.25) is 4.79 Å². The molecule has 0 N–H and O–H groups in total. The Morgan fingerprint density at radius 3 is 2.11 bits per heavy atom. The molecule has 1 heterocycles. The van der Waals surface area contributed by atoms with Gasteiger partial charge in [-0.2, -0.15) is 5.10 Å². The van der Waals surface area contributed by atoms with Gasteiger partial charge in [-0.1, -0.05) is 78.9 Å². The van der Waals surface area contributed by atoms with Crippen molar-refractivity contribution >= 4 is 5.78 Å². The first kappa shape index (κ1) is 17.9. The summed E-state index contributed by atoms with van der Waals surface area (Å²) < 4.78 is 1.67. The number of hydrogen-bond acceptors (Lipinski definition) is 3. The van der Waals surface area contributed by atoms with Gasteiger partial charge < -0.3 is 0 Å². The zero-order valence-corrected chi connectivity index (χ0v) is 15.9. The molecule has 4 rings (SSSR count). The van der Waals surface area contributed by atoms with Crippen LogP contribution in [0.15, 0.2) is 91.5 Å². The highest BCUT2D eigenvalue weighted by atomic mass is 16.1. The largest absolute Gasteiger partial charge is 0.291 e. The van der Waals surface area contributed by atoms with Crippen molar-refractivity contribution in [2.24, 2.45) is 0 Å². The molecule has 28 heavy (non-hydrogen) atoms. The van der Waals surface area contributed by atoms with E-state index in [-0.39, 0.29) is 5.78 Å². The maximum atomic E-state index is 14.1. The number of hydrogen-bond donors (Lipinski definition) is 0. The summed E-state index contributed by atoms with van der Waals surface area (Å²) in [6, 6.07) is 25.3. The molecule has 4 nitrogen and oxygen atoms in total. The van der Waals surface area contributed by atoms with Gasteiger partial charge in [0.05, 0.1) is 0 Å². The van der Waals surface area contributed by atoms with Crippen LogP contribution in [0, 0.1) is 13.8 Å². The van der Waals surface area contributed by atoms with Crippen LogP contribution < -0.4 is 0 Å². The molecule has 1 aromatic heterocycles. The van der Waals surface area contributed by atoms with E-state index in [9.17, 15) is 4.79 Å². The van der Waals surface area contributed by atoms with E-state index >= 15 is 0 Å². The monoisotopic (exact) mass is 367 g/mol. The van der Waals surface area contributed by atoms with E-state index in [1.54, 1.807) is 11.0 Å². The second-order valence-corrected chi connectivity index (χ2v) is 6.91. The van der Waals surface area contributed by atoms with Crippen LogP contribution in [0.25, 0.3) is 0 Å². The van der Waals surface area contributed by atoms with Crippen molar-refractivity contribution in [2.45, 2.75) is 19.4 Å². The van der Waals surface area contributed by atoms with Crippen molar-refractivity contribution in [2.75, 3.05) is 0 Å². The van der Waals surface area contributed by atoms with E-state index < -0.39 is 5.54 Å². The second-order valence-electron chi connectivity index (χ2n) is 6.91. The first-order chi connectivity index (χ1) is 13.6. The van der Waals surface area contributed by atoms with Crippen LogP contribution >= 0.6 is 0 Å². The lowest BCUT2D eigenvalue weighted by molar-refractivity contribution is 0.0878. The van der Waals surface area contributed by atoms with E-state index in [0.717, 1.165) is 16.7 Å². The van der Waals surface area contributed by atoms with Crippen LogP contribution in [-0.4, -0.2) is 20.5 Å². The third-order valence-corrected chi connectivity index (χ3v) is 5.24. The van der Waals surface area contributed by atoms with E-state index in [4.69, 9.17) is 0 Å². The Hall–Kier alpha value is -3.53. The SMILES string of the molecule is Cc1ccc(C(C(=O)c2ccccc2)(c2ccccc2)n2cncn2)cc1C. The van der Waals surface area contributed by atoms with Crippen LogP contribution in [0.1, 0.15) is 32.6 Å². The van der Waals surface area contributed by atoms with E-state index in [2.05, 4.69) is 36.1 Å². The zero-order valence-electron chi connectivity index (χ0n) is 15.9. The summed E-state index contributed by atoms with van der Waals surface area (Å²) in [5.41, 5.74) is 3.49. The van der Waals surface area contributed by atoms with E-state index in [0.29, 0.717) is 5.56 Å². The Balaban J connectivity index is 2.09. The molecular weight excluding hydrogens is 346 g/mol. The fourth-order valence-corrected chi connectivity index (χ4v) is 3.62. The molecule has 0 saturated heterocycles. The number of ketones is 1. The minimum absolute atomic E-state index is 0.0481. The number of benzene rings is 3. The molecule has 4 aromatic rings. The number of carbonyl (C=O) groups excluding carboxylic acids is 1. The minimum atomic E-state index is -1.14. The molecule has 1 unspecified atom stereocenters. The first-order valence-electron chi connectivity index (χ1n) is 9.22. The lowest BCUT2D eigenvalue weighted by Crippen LogP contribution is -2.45. The highest BCUT2D eigenvalue weighted by Crippen LogP contribution is 2.37. The number of Topliss-reactive ketones (excluding diaryl/α,β-unsaturated/α-hetero) is 1. The Morgan fingerprint density at radius 2 is 1.50 bits per heavy atom. The Morgan fingerprint density at radius 1 is 0.821 bits per heavy atom. The number of rotatable bonds is 5. The molecule has 0 aliphatic rings. The van der Waals surface area contributed by atoms with Crippen LogP contribution in [0.3, 0.4) is 0 Å². The molecule has 0 aliphatic carbocycles. The van der Waals surface area contributed by atoms with Crippen LogP contribution in [0.4, 0.5) is 0 Å². The molecule has 0 aliphatic heterocycles. The van der Waals surface area contributed by atoms with Gasteiger partial charge in [0.15, 0.2) is 11.3 Å². The second kappa shape index (κ2) is 7.24.